The SMILES string of the molecule is COc1ccccc1C(=O)OOC1CCCCC1C. The Morgan fingerprint density at radius 1 is 1.21 bits per heavy atom. The first kappa shape index (κ1) is 13.9. The standard InChI is InChI=1S/C15H20O4/c1-11-7-3-5-9-13(11)18-19-15(16)12-8-4-6-10-14(12)17-2/h4,6,8,10-11,13H,3,5,7,9H2,1-2H3. The highest BCUT2D eigenvalue weighted by Crippen LogP contribution is 2.27. The normalized spacial score (nSPS) is 22.8. The number of hydrogen-bond donors (Lipinski definition) is 0. The number of carbonyl (C=O) groups is 1. The maximum atomic E-state index is 11.9. The summed E-state index contributed by atoms with van der Waals surface area (Å²) in [6, 6.07) is 6.96. The number of carbonyl (C=O) groups excluding carboxylic acids is 1. The molecule has 1 aliphatic carbocycles. The third-order valence-corrected chi connectivity index (χ3v) is 3.61. The van der Waals surface area contributed by atoms with Crippen molar-refractivity contribution in [2.24, 2.45) is 5.92 Å². The van der Waals surface area contributed by atoms with Crippen molar-refractivity contribution in [2.75, 3.05) is 7.11 Å². The number of rotatable bonds is 4. The summed E-state index contributed by atoms with van der Waals surface area (Å²) in [6.45, 7) is 2.13. The van der Waals surface area contributed by atoms with E-state index in [1.807, 2.05) is 0 Å². The lowest BCUT2D eigenvalue weighted by Crippen LogP contribution is -2.27. The molecule has 0 spiro atoms. The summed E-state index contributed by atoms with van der Waals surface area (Å²) >= 11 is 0. The van der Waals surface area contributed by atoms with E-state index < -0.39 is 5.97 Å². The van der Waals surface area contributed by atoms with E-state index >= 15 is 0 Å². The van der Waals surface area contributed by atoms with Crippen molar-refractivity contribution in [3.05, 3.63) is 29.8 Å². The maximum absolute atomic E-state index is 11.9. The first-order valence-corrected chi connectivity index (χ1v) is 6.73. The lowest BCUT2D eigenvalue weighted by atomic mass is 9.88. The third-order valence-electron chi connectivity index (χ3n) is 3.61. The Labute approximate surface area is 113 Å². The summed E-state index contributed by atoms with van der Waals surface area (Å²) in [6.07, 6.45) is 4.42. The van der Waals surface area contributed by atoms with Crippen molar-refractivity contribution in [3.8, 4) is 5.75 Å². The molecule has 1 aliphatic rings. The Bertz CT molecular complexity index is 430. The van der Waals surface area contributed by atoms with Crippen LogP contribution in [-0.2, 0) is 9.78 Å². The van der Waals surface area contributed by atoms with Gasteiger partial charge in [-0.05, 0) is 30.9 Å². The highest BCUT2D eigenvalue weighted by molar-refractivity contribution is 5.92. The van der Waals surface area contributed by atoms with Gasteiger partial charge in [0.1, 0.15) is 17.4 Å². The molecule has 1 aromatic carbocycles. The maximum Gasteiger partial charge on any atom is 0.376 e. The molecule has 1 fully saturated rings. The van der Waals surface area contributed by atoms with E-state index in [1.54, 1.807) is 24.3 Å². The van der Waals surface area contributed by atoms with Crippen LogP contribution >= 0.6 is 0 Å². The van der Waals surface area contributed by atoms with Crippen LogP contribution in [0.5, 0.6) is 5.75 Å². The van der Waals surface area contributed by atoms with Gasteiger partial charge in [0.05, 0.1) is 7.11 Å². The second-order valence-corrected chi connectivity index (χ2v) is 4.97. The molecule has 19 heavy (non-hydrogen) atoms. The minimum absolute atomic E-state index is 0.00686. The number of hydrogen-bond acceptors (Lipinski definition) is 4. The predicted molar refractivity (Wildman–Crippen MR) is 70.9 cm³/mol. The molecule has 0 N–H and O–H groups in total. The monoisotopic (exact) mass is 264 g/mol. The van der Waals surface area contributed by atoms with Crippen LogP contribution < -0.4 is 4.74 Å². The zero-order chi connectivity index (χ0) is 13.7. The van der Waals surface area contributed by atoms with Crippen LogP contribution in [0.1, 0.15) is 43.0 Å². The number of methoxy groups -OCH3 is 1. The Kier molecular flexibility index (Phi) is 4.80. The molecule has 2 unspecified atom stereocenters. The van der Waals surface area contributed by atoms with Crippen molar-refractivity contribution in [1.82, 2.24) is 0 Å². The fraction of sp³-hybridized carbons (Fsp3) is 0.533. The molecule has 0 saturated heterocycles. The van der Waals surface area contributed by atoms with Crippen LogP contribution in [0.4, 0.5) is 0 Å². The molecule has 0 aliphatic heterocycles. The quantitative estimate of drug-likeness (QED) is 0.618. The lowest BCUT2D eigenvalue weighted by Gasteiger charge is -2.26. The summed E-state index contributed by atoms with van der Waals surface area (Å²) in [5.74, 6) is 0.419. The Balaban J connectivity index is 1.93. The molecule has 0 radical (unpaired) electrons. The summed E-state index contributed by atoms with van der Waals surface area (Å²) in [5, 5.41) is 0. The Morgan fingerprint density at radius 3 is 2.68 bits per heavy atom. The third kappa shape index (κ3) is 3.47. The van der Waals surface area contributed by atoms with Gasteiger partial charge >= 0.3 is 5.97 Å². The van der Waals surface area contributed by atoms with Crippen molar-refractivity contribution in [3.63, 3.8) is 0 Å². The van der Waals surface area contributed by atoms with E-state index in [-0.39, 0.29) is 6.10 Å². The zero-order valence-electron chi connectivity index (χ0n) is 11.4. The first-order valence-electron chi connectivity index (χ1n) is 6.73. The minimum Gasteiger partial charge on any atom is -0.496 e. The molecule has 1 saturated carbocycles. The molecule has 2 rings (SSSR count). The van der Waals surface area contributed by atoms with Gasteiger partial charge in [0.15, 0.2) is 0 Å². The molecule has 104 valence electrons. The van der Waals surface area contributed by atoms with E-state index in [4.69, 9.17) is 14.5 Å². The first-order chi connectivity index (χ1) is 9.22. The van der Waals surface area contributed by atoms with Gasteiger partial charge in [0.2, 0.25) is 0 Å². The van der Waals surface area contributed by atoms with Gasteiger partial charge in [0, 0.05) is 0 Å². The minimum atomic E-state index is -0.504. The molecule has 4 nitrogen and oxygen atoms in total. The van der Waals surface area contributed by atoms with Gasteiger partial charge in [-0.25, -0.2) is 4.79 Å². The summed E-state index contributed by atoms with van der Waals surface area (Å²) < 4.78 is 5.12. The molecule has 0 aromatic heterocycles. The predicted octanol–water partition coefficient (Wildman–Crippen LogP) is 3.36. The van der Waals surface area contributed by atoms with Crippen LogP contribution in [0.3, 0.4) is 0 Å². The zero-order valence-corrected chi connectivity index (χ0v) is 11.4. The van der Waals surface area contributed by atoms with Crippen molar-refractivity contribution >= 4 is 5.97 Å². The van der Waals surface area contributed by atoms with Gasteiger partial charge in [-0.15, -0.1) is 0 Å². The molecule has 0 bridgehead atoms. The van der Waals surface area contributed by atoms with E-state index in [0.717, 1.165) is 19.3 Å². The lowest BCUT2D eigenvalue weighted by molar-refractivity contribution is -0.289. The number of para-hydroxylation sites is 1. The fourth-order valence-electron chi connectivity index (χ4n) is 2.39. The molecular formula is C15H20O4. The van der Waals surface area contributed by atoms with Crippen LogP contribution in [0.15, 0.2) is 24.3 Å². The largest absolute Gasteiger partial charge is 0.496 e. The number of benzene rings is 1. The average molecular weight is 264 g/mol. The van der Waals surface area contributed by atoms with Crippen molar-refractivity contribution < 1.29 is 19.3 Å². The molecule has 0 heterocycles. The van der Waals surface area contributed by atoms with E-state index in [2.05, 4.69) is 6.92 Å². The van der Waals surface area contributed by atoms with Crippen LogP contribution in [0.25, 0.3) is 0 Å². The highest BCUT2D eigenvalue weighted by Gasteiger charge is 2.25. The summed E-state index contributed by atoms with van der Waals surface area (Å²) in [4.78, 5) is 22.2. The van der Waals surface area contributed by atoms with Crippen LogP contribution in [0, 0.1) is 5.92 Å². The van der Waals surface area contributed by atoms with Gasteiger partial charge in [-0.3, -0.25) is 4.89 Å². The molecule has 4 heteroatoms. The van der Waals surface area contributed by atoms with Crippen LogP contribution in [-0.4, -0.2) is 19.2 Å². The smallest absolute Gasteiger partial charge is 0.376 e. The van der Waals surface area contributed by atoms with Crippen molar-refractivity contribution in [2.45, 2.75) is 38.7 Å². The van der Waals surface area contributed by atoms with Crippen molar-refractivity contribution in [1.29, 1.82) is 0 Å². The van der Waals surface area contributed by atoms with Crippen LogP contribution in [0.2, 0.25) is 0 Å². The second kappa shape index (κ2) is 6.57. The molecule has 0 amide bonds. The number of ether oxygens (including phenoxy) is 1. The topological polar surface area (TPSA) is 44.8 Å². The summed E-state index contributed by atoms with van der Waals surface area (Å²) in [7, 11) is 1.52. The highest BCUT2D eigenvalue weighted by atomic mass is 17.2. The van der Waals surface area contributed by atoms with Gasteiger partial charge in [-0.1, -0.05) is 31.9 Å². The van der Waals surface area contributed by atoms with E-state index in [0.29, 0.717) is 17.2 Å². The average Bonchev–Trinajstić information content (AvgIpc) is 2.46. The molecule has 1 aromatic rings. The van der Waals surface area contributed by atoms with Gasteiger partial charge in [0.25, 0.3) is 0 Å². The molecular weight excluding hydrogens is 244 g/mol. The Morgan fingerprint density at radius 2 is 1.95 bits per heavy atom. The van der Waals surface area contributed by atoms with Gasteiger partial charge in [-0.2, -0.15) is 4.89 Å². The second-order valence-electron chi connectivity index (χ2n) is 4.97. The molecule has 2 atom stereocenters. The van der Waals surface area contributed by atoms with Gasteiger partial charge < -0.3 is 4.74 Å². The fourth-order valence-corrected chi connectivity index (χ4v) is 2.39. The van der Waals surface area contributed by atoms with E-state index in [1.165, 1.54) is 13.5 Å². The van der Waals surface area contributed by atoms with E-state index in [9.17, 15) is 4.79 Å². The summed E-state index contributed by atoms with van der Waals surface area (Å²) in [5.41, 5.74) is 0.383. The Hall–Kier alpha value is -1.55.